The van der Waals surface area contributed by atoms with Crippen molar-refractivity contribution in [3.63, 3.8) is 0 Å². The highest BCUT2D eigenvalue weighted by molar-refractivity contribution is 6.13. The summed E-state index contributed by atoms with van der Waals surface area (Å²) < 4.78 is 10.6. The highest BCUT2D eigenvalue weighted by Crippen LogP contribution is 2.30. The first-order valence-corrected chi connectivity index (χ1v) is 7.05. The van der Waals surface area contributed by atoms with Gasteiger partial charge in [0.05, 0.1) is 14.2 Å². The Balaban J connectivity index is 3.32. The molecule has 0 spiro atoms. The Morgan fingerprint density at radius 1 is 1.24 bits per heavy atom. The van der Waals surface area contributed by atoms with E-state index >= 15 is 0 Å². The molecule has 0 aromatic carbocycles. The molecule has 1 aliphatic heterocycles. The van der Waals surface area contributed by atoms with Crippen molar-refractivity contribution in [3.05, 3.63) is 0 Å². The number of rotatable bonds is 5. The van der Waals surface area contributed by atoms with Gasteiger partial charge in [0.15, 0.2) is 11.3 Å². The first-order chi connectivity index (χ1) is 9.78. The van der Waals surface area contributed by atoms with Crippen LogP contribution in [0.4, 0.5) is 0 Å². The van der Waals surface area contributed by atoms with E-state index in [-0.39, 0.29) is 42.3 Å². The standard InChI is InChI=1S/C15H24N2O4/c1-9(2)12-13(20-5)17-15(11(4)19,8-7-10(3)18)14(16-12)21-6/h9,12H,7-8H2,1-6H3/t12-,15+/m1/s1. The number of carbonyl (C=O) groups excluding carboxylic acids is 2. The molecule has 1 aliphatic rings. The van der Waals surface area contributed by atoms with Crippen LogP contribution in [0.2, 0.25) is 0 Å². The number of Topliss-reactive ketones (excluding diaryl/α,β-unsaturated/α-hetero) is 2. The number of methoxy groups -OCH3 is 2. The van der Waals surface area contributed by atoms with Gasteiger partial charge in [-0.25, -0.2) is 9.98 Å². The van der Waals surface area contributed by atoms with Crippen LogP contribution in [-0.4, -0.2) is 49.2 Å². The molecule has 0 bridgehead atoms. The smallest absolute Gasteiger partial charge is 0.220 e. The Kier molecular flexibility index (Phi) is 5.63. The quantitative estimate of drug-likeness (QED) is 0.775. The molecule has 0 unspecified atom stereocenters. The summed E-state index contributed by atoms with van der Waals surface area (Å²) in [5.74, 6) is 0.610. The Bertz CT molecular complexity index is 482. The molecule has 1 heterocycles. The van der Waals surface area contributed by atoms with Gasteiger partial charge in [-0.05, 0) is 26.2 Å². The van der Waals surface area contributed by atoms with E-state index in [1.54, 1.807) is 0 Å². The second-order valence-corrected chi connectivity index (χ2v) is 5.60. The monoisotopic (exact) mass is 296 g/mol. The lowest BCUT2D eigenvalue weighted by Crippen LogP contribution is -2.51. The van der Waals surface area contributed by atoms with Crippen LogP contribution in [0.15, 0.2) is 9.98 Å². The summed E-state index contributed by atoms with van der Waals surface area (Å²) >= 11 is 0. The van der Waals surface area contributed by atoms with E-state index in [1.165, 1.54) is 28.1 Å². The first-order valence-electron chi connectivity index (χ1n) is 7.05. The van der Waals surface area contributed by atoms with E-state index in [2.05, 4.69) is 9.98 Å². The minimum atomic E-state index is -1.25. The Morgan fingerprint density at radius 2 is 1.86 bits per heavy atom. The van der Waals surface area contributed by atoms with Crippen molar-refractivity contribution in [3.8, 4) is 0 Å². The van der Waals surface area contributed by atoms with Gasteiger partial charge in [0.2, 0.25) is 11.8 Å². The number of hydrogen-bond donors (Lipinski definition) is 0. The van der Waals surface area contributed by atoms with Crippen LogP contribution in [0.25, 0.3) is 0 Å². The maximum absolute atomic E-state index is 12.2. The highest BCUT2D eigenvalue weighted by Gasteiger charge is 2.47. The maximum Gasteiger partial charge on any atom is 0.220 e. The van der Waals surface area contributed by atoms with Crippen molar-refractivity contribution in [2.45, 2.75) is 52.1 Å². The Labute approximate surface area is 125 Å². The molecule has 118 valence electrons. The lowest BCUT2D eigenvalue weighted by molar-refractivity contribution is -0.121. The largest absolute Gasteiger partial charge is 0.483 e. The van der Waals surface area contributed by atoms with Crippen molar-refractivity contribution < 1.29 is 19.1 Å². The number of ketones is 2. The SMILES string of the molecule is COC1=N[C@@](CCC(C)=O)(C(C)=O)C(OC)=N[C@@H]1C(C)C. The second kappa shape index (κ2) is 6.83. The zero-order valence-electron chi connectivity index (χ0n) is 13.6. The molecule has 0 fully saturated rings. The third kappa shape index (κ3) is 3.49. The van der Waals surface area contributed by atoms with Crippen LogP contribution in [0.1, 0.15) is 40.5 Å². The molecule has 0 saturated carbocycles. The summed E-state index contributed by atoms with van der Waals surface area (Å²) in [5, 5.41) is 0. The summed E-state index contributed by atoms with van der Waals surface area (Å²) in [7, 11) is 2.98. The normalized spacial score (nSPS) is 25.2. The van der Waals surface area contributed by atoms with Crippen molar-refractivity contribution in [2.24, 2.45) is 15.9 Å². The predicted molar refractivity (Wildman–Crippen MR) is 80.8 cm³/mol. The van der Waals surface area contributed by atoms with Gasteiger partial charge in [-0.1, -0.05) is 13.8 Å². The van der Waals surface area contributed by atoms with Crippen molar-refractivity contribution >= 4 is 23.4 Å². The fourth-order valence-corrected chi connectivity index (χ4v) is 2.34. The molecule has 0 radical (unpaired) electrons. The van der Waals surface area contributed by atoms with Gasteiger partial charge in [0.25, 0.3) is 0 Å². The van der Waals surface area contributed by atoms with E-state index in [1.807, 2.05) is 13.8 Å². The van der Waals surface area contributed by atoms with Crippen LogP contribution in [0.3, 0.4) is 0 Å². The number of hydrogen-bond acceptors (Lipinski definition) is 6. The van der Waals surface area contributed by atoms with E-state index in [0.717, 1.165) is 0 Å². The van der Waals surface area contributed by atoms with Gasteiger partial charge < -0.3 is 14.3 Å². The molecular formula is C15H24N2O4. The van der Waals surface area contributed by atoms with E-state index in [4.69, 9.17) is 9.47 Å². The van der Waals surface area contributed by atoms with Crippen LogP contribution in [-0.2, 0) is 19.1 Å². The fraction of sp³-hybridized carbons (Fsp3) is 0.733. The lowest BCUT2D eigenvalue weighted by atomic mass is 9.86. The third-order valence-corrected chi connectivity index (χ3v) is 3.62. The molecule has 0 saturated heterocycles. The number of carbonyl (C=O) groups is 2. The summed E-state index contributed by atoms with van der Waals surface area (Å²) in [4.78, 5) is 32.5. The zero-order chi connectivity index (χ0) is 16.2. The van der Waals surface area contributed by atoms with Gasteiger partial charge in [0, 0.05) is 6.42 Å². The summed E-state index contributed by atoms with van der Waals surface area (Å²) in [6.07, 6.45) is 0.469. The van der Waals surface area contributed by atoms with Gasteiger partial charge in [-0.15, -0.1) is 0 Å². The number of aliphatic imine (C=N–C) groups is 2. The third-order valence-electron chi connectivity index (χ3n) is 3.62. The fourth-order valence-electron chi connectivity index (χ4n) is 2.34. The predicted octanol–water partition coefficient (Wildman–Crippen LogP) is 1.81. The van der Waals surface area contributed by atoms with Crippen LogP contribution in [0.5, 0.6) is 0 Å². The Morgan fingerprint density at radius 3 is 2.24 bits per heavy atom. The molecule has 2 atom stereocenters. The molecule has 0 aliphatic carbocycles. The average Bonchev–Trinajstić information content (AvgIpc) is 2.43. The van der Waals surface area contributed by atoms with E-state index in [0.29, 0.717) is 5.90 Å². The minimum Gasteiger partial charge on any atom is -0.483 e. The van der Waals surface area contributed by atoms with Crippen molar-refractivity contribution in [1.82, 2.24) is 0 Å². The molecule has 6 heteroatoms. The average molecular weight is 296 g/mol. The topological polar surface area (TPSA) is 77.3 Å². The minimum absolute atomic E-state index is 0.00812. The van der Waals surface area contributed by atoms with Crippen LogP contribution >= 0.6 is 0 Å². The summed E-state index contributed by atoms with van der Waals surface area (Å²) in [6.45, 7) is 6.90. The summed E-state index contributed by atoms with van der Waals surface area (Å²) in [6, 6.07) is -0.283. The summed E-state index contributed by atoms with van der Waals surface area (Å²) in [5.41, 5.74) is -1.25. The highest BCUT2D eigenvalue weighted by atomic mass is 16.5. The lowest BCUT2D eigenvalue weighted by Gasteiger charge is -2.34. The van der Waals surface area contributed by atoms with Crippen molar-refractivity contribution in [2.75, 3.05) is 14.2 Å². The molecule has 1 rings (SSSR count). The molecule has 0 aromatic rings. The van der Waals surface area contributed by atoms with Gasteiger partial charge in [0.1, 0.15) is 11.8 Å². The second-order valence-electron chi connectivity index (χ2n) is 5.60. The van der Waals surface area contributed by atoms with Gasteiger partial charge in [-0.3, -0.25) is 4.79 Å². The van der Waals surface area contributed by atoms with Crippen LogP contribution < -0.4 is 0 Å². The van der Waals surface area contributed by atoms with E-state index < -0.39 is 5.54 Å². The zero-order valence-corrected chi connectivity index (χ0v) is 13.6. The Hall–Kier alpha value is -1.72. The molecule has 0 N–H and O–H groups in total. The maximum atomic E-state index is 12.2. The molecule has 21 heavy (non-hydrogen) atoms. The van der Waals surface area contributed by atoms with E-state index in [9.17, 15) is 9.59 Å². The van der Waals surface area contributed by atoms with Gasteiger partial charge >= 0.3 is 0 Å². The molecule has 6 nitrogen and oxygen atoms in total. The molecule has 0 amide bonds. The number of nitrogens with zero attached hydrogens (tertiary/aromatic N) is 2. The van der Waals surface area contributed by atoms with Gasteiger partial charge in [-0.2, -0.15) is 0 Å². The first kappa shape index (κ1) is 17.3. The molecule has 0 aromatic heterocycles. The van der Waals surface area contributed by atoms with Crippen molar-refractivity contribution in [1.29, 1.82) is 0 Å². The number of ether oxygens (including phenoxy) is 2. The van der Waals surface area contributed by atoms with Crippen LogP contribution in [0, 0.1) is 5.92 Å². The molecular weight excluding hydrogens is 272 g/mol.